The molecule has 0 bridgehead atoms. The maximum absolute atomic E-state index is 5.42. The van der Waals surface area contributed by atoms with E-state index < -0.39 is 0 Å². The molecule has 1 aliphatic heterocycles. The maximum atomic E-state index is 5.42. The molecule has 1 heterocycles. The number of nitrogens with zero attached hydrogens (tertiary/aromatic N) is 1. The molecule has 0 unspecified atom stereocenters. The Morgan fingerprint density at radius 2 is 1.86 bits per heavy atom. The summed E-state index contributed by atoms with van der Waals surface area (Å²) in [4.78, 5) is 2.35. The van der Waals surface area contributed by atoms with Crippen LogP contribution in [0.15, 0.2) is 24.4 Å². The van der Waals surface area contributed by atoms with Crippen molar-refractivity contribution in [3.63, 3.8) is 0 Å². The molecule has 0 saturated heterocycles. The van der Waals surface area contributed by atoms with Crippen LogP contribution in [0.4, 0.5) is 0 Å². The number of unbranched alkanes of at least 4 members (excludes halogenated alkanes) is 3. The largest absolute Gasteiger partial charge is 0.374 e. The quantitative estimate of drug-likeness (QED) is 0.744. The topological polar surface area (TPSA) is 29.3 Å². The Hall–Kier alpha value is -0.280. The lowest BCUT2D eigenvalue weighted by atomic mass is 10.2. The lowest BCUT2D eigenvalue weighted by Crippen LogP contribution is -2.19. The van der Waals surface area contributed by atoms with Crippen LogP contribution in [-0.4, -0.2) is 24.5 Å². The van der Waals surface area contributed by atoms with Crippen molar-refractivity contribution in [1.82, 2.24) is 4.90 Å². The molecule has 0 spiro atoms. The molecule has 3 heteroatoms. The monoisotopic (exact) mass is 260 g/mol. The normalized spacial score (nSPS) is 14.2. The molecule has 2 nitrogen and oxygen atoms in total. The summed E-state index contributed by atoms with van der Waals surface area (Å²) in [5.41, 5.74) is 5.42. The zero-order valence-corrected chi connectivity index (χ0v) is 10.4. The third kappa shape index (κ3) is 6.22. The molecule has 1 aliphatic rings. The van der Waals surface area contributed by atoms with E-state index >= 15 is 0 Å². The predicted octanol–water partition coefficient (Wildman–Crippen LogP) is 2.47. The molecule has 82 valence electrons. The van der Waals surface area contributed by atoms with Gasteiger partial charge >= 0.3 is 0 Å². The first-order chi connectivity index (χ1) is 6.43. The van der Waals surface area contributed by atoms with Gasteiger partial charge < -0.3 is 10.6 Å². The van der Waals surface area contributed by atoms with E-state index in [-0.39, 0.29) is 17.0 Å². The average molecular weight is 261 g/mol. The molecule has 0 aromatic heterocycles. The molecule has 0 aromatic carbocycles. The number of hydrogen-bond donors (Lipinski definition) is 1. The van der Waals surface area contributed by atoms with Crippen molar-refractivity contribution in [3.05, 3.63) is 24.4 Å². The fourth-order valence-electron chi connectivity index (χ4n) is 1.49. The molecule has 1 rings (SSSR count). The van der Waals surface area contributed by atoms with Gasteiger partial charge in [0.05, 0.1) is 0 Å². The van der Waals surface area contributed by atoms with Crippen molar-refractivity contribution in [3.8, 4) is 0 Å². The molecule has 0 amide bonds. The number of hydrogen-bond acceptors (Lipinski definition) is 2. The van der Waals surface area contributed by atoms with Crippen molar-refractivity contribution in [2.24, 2.45) is 5.73 Å². The van der Waals surface area contributed by atoms with Gasteiger partial charge in [-0.2, -0.15) is 0 Å². The van der Waals surface area contributed by atoms with Crippen LogP contribution in [0.25, 0.3) is 0 Å². The smallest absolute Gasteiger partial charge is 0.0357 e. The highest BCUT2D eigenvalue weighted by atomic mass is 79.9. The van der Waals surface area contributed by atoms with Crippen LogP contribution in [-0.2, 0) is 0 Å². The zero-order chi connectivity index (χ0) is 9.36. The van der Waals surface area contributed by atoms with Crippen LogP contribution < -0.4 is 5.73 Å². The predicted molar refractivity (Wildman–Crippen MR) is 67.7 cm³/mol. The molecule has 14 heavy (non-hydrogen) atoms. The fraction of sp³-hybridized carbons (Fsp3) is 0.636. The van der Waals surface area contributed by atoms with E-state index in [9.17, 15) is 0 Å². The number of rotatable bonds is 6. The molecule has 0 atom stereocenters. The first-order valence-corrected chi connectivity index (χ1v) is 5.21. The second kappa shape index (κ2) is 9.28. The lowest BCUT2D eigenvalue weighted by Gasteiger charge is -2.20. The molecule has 0 aliphatic carbocycles. The second-order valence-electron chi connectivity index (χ2n) is 3.47. The number of nitrogens with two attached hydrogens (primary N) is 1. The van der Waals surface area contributed by atoms with Crippen molar-refractivity contribution in [2.45, 2.75) is 25.7 Å². The maximum Gasteiger partial charge on any atom is 0.0357 e. The standard InChI is InChI=1S/C11H20N2.BrH/c12-8-4-1-2-5-9-13-10-6-3-7-11-13;/h3,6-7,10H,1-2,4-5,8-9,11-12H2;1H. The highest BCUT2D eigenvalue weighted by Gasteiger charge is 1.98. The summed E-state index contributed by atoms with van der Waals surface area (Å²) in [6, 6.07) is 0. The van der Waals surface area contributed by atoms with E-state index in [1.54, 1.807) is 0 Å². The molecule has 2 N–H and O–H groups in total. The van der Waals surface area contributed by atoms with E-state index in [2.05, 4.69) is 29.3 Å². The van der Waals surface area contributed by atoms with Gasteiger partial charge in [-0.25, -0.2) is 0 Å². The van der Waals surface area contributed by atoms with Crippen molar-refractivity contribution in [2.75, 3.05) is 19.6 Å². The molecular weight excluding hydrogens is 240 g/mol. The van der Waals surface area contributed by atoms with Gasteiger partial charge in [0.2, 0.25) is 0 Å². The molecule has 0 saturated carbocycles. The van der Waals surface area contributed by atoms with Gasteiger partial charge in [-0.05, 0) is 31.7 Å². The average Bonchev–Trinajstić information content (AvgIpc) is 2.19. The highest BCUT2D eigenvalue weighted by Crippen LogP contribution is 2.04. The van der Waals surface area contributed by atoms with Gasteiger partial charge in [-0.3, -0.25) is 0 Å². The minimum atomic E-state index is 0. The van der Waals surface area contributed by atoms with Gasteiger partial charge in [0.25, 0.3) is 0 Å². The van der Waals surface area contributed by atoms with Crippen molar-refractivity contribution >= 4 is 17.0 Å². The summed E-state index contributed by atoms with van der Waals surface area (Å²) in [6.45, 7) is 3.10. The first-order valence-electron chi connectivity index (χ1n) is 5.21. The lowest BCUT2D eigenvalue weighted by molar-refractivity contribution is 0.393. The minimum absolute atomic E-state index is 0. The zero-order valence-electron chi connectivity index (χ0n) is 8.69. The summed E-state index contributed by atoms with van der Waals surface area (Å²) in [6.07, 6.45) is 13.6. The van der Waals surface area contributed by atoms with E-state index in [0.717, 1.165) is 13.1 Å². The Balaban J connectivity index is 0.00000169. The fourth-order valence-corrected chi connectivity index (χ4v) is 1.49. The second-order valence-corrected chi connectivity index (χ2v) is 3.47. The Kier molecular flexibility index (Phi) is 9.10. The van der Waals surface area contributed by atoms with Gasteiger partial charge in [0.15, 0.2) is 0 Å². The van der Waals surface area contributed by atoms with Crippen LogP contribution in [0.3, 0.4) is 0 Å². The first kappa shape index (κ1) is 13.7. The molecule has 0 aromatic rings. The summed E-state index contributed by atoms with van der Waals surface area (Å²) < 4.78 is 0. The van der Waals surface area contributed by atoms with Gasteiger partial charge in [-0.15, -0.1) is 17.0 Å². The van der Waals surface area contributed by atoms with Gasteiger partial charge in [0.1, 0.15) is 0 Å². The Bertz CT molecular complexity index is 178. The molecular formula is C11H21BrN2. The highest BCUT2D eigenvalue weighted by molar-refractivity contribution is 8.93. The van der Waals surface area contributed by atoms with Crippen LogP contribution >= 0.6 is 17.0 Å². The SMILES string of the molecule is Br.NCCCCCCN1C=CC=CC1. The summed E-state index contributed by atoms with van der Waals surface area (Å²) in [5.74, 6) is 0. The minimum Gasteiger partial charge on any atom is -0.374 e. The molecule has 0 radical (unpaired) electrons. The van der Waals surface area contributed by atoms with E-state index in [1.807, 2.05) is 0 Å². The number of halogens is 1. The Labute approximate surface area is 97.6 Å². The van der Waals surface area contributed by atoms with E-state index in [4.69, 9.17) is 5.73 Å². The third-order valence-electron chi connectivity index (χ3n) is 2.28. The van der Waals surface area contributed by atoms with Crippen LogP contribution in [0.5, 0.6) is 0 Å². The van der Waals surface area contributed by atoms with Crippen molar-refractivity contribution < 1.29 is 0 Å². The summed E-state index contributed by atoms with van der Waals surface area (Å²) >= 11 is 0. The van der Waals surface area contributed by atoms with Gasteiger partial charge in [-0.1, -0.05) is 25.0 Å². The van der Waals surface area contributed by atoms with Gasteiger partial charge in [0, 0.05) is 13.1 Å². The van der Waals surface area contributed by atoms with Crippen molar-refractivity contribution in [1.29, 1.82) is 0 Å². The van der Waals surface area contributed by atoms with Crippen LogP contribution in [0.2, 0.25) is 0 Å². The summed E-state index contributed by atoms with van der Waals surface area (Å²) in [7, 11) is 0. The third-order valence-corrected chi connectivity index (χ3v) is 2.28. The number of allylic oxidation sites excluding steroid dienone is 2. The van der Waals surface area contributed by atoms with Crippen LogP contribution in [0, 0.1) is 0 Å². The Morgan fingerprint density at radius 1 is 1.07 bits per heavy atom. The Morgan fingerprint density at radius 3 is 2.50 bits per heavy atom. The van der Waals surface area contributed by atoms with E-state index in [1.165, 1.54) is 32.2 Å². The van der Waals surface area contributed by atoms with Crippen LogP contribution in [0.1, 0.15) is 25.7 Å². The molecule has 0 fully saturated rings. The summed E-state index contributed by atoms with van der Waals surface area (Å²) in [5, 5.41) is 0. The van der Waals surface area contributed by atoms with E-state index in [0.29, 0.717) is 0 Å².